The highest BCUT2D eigenvalue weighted by Gasteiger charge is 2.20. The molecule has 4 aromatic rings. The van der Waals surface area contributed by atoms with Crippen molar-refractivity contribution in [3.8, 4) is 11.6 Å². The van der Waals surface area contributed by atoms with Crippen LogP contribution < -0.4 is 4.74 Å². The summed E-state index contributed by atoms with van der Waals surface area (Å²) in [6.45, 7) is 0. The van der Waals surface area contributed by atoms with E-state index in [9.17, 15) is 23.4 Å². The lowest BCUT2D eigenvalue weighted by Gasteiger charge is -2.10. The van der Waals surface area contributed by atoms with Crippen LogP contribution in [0.2, 0.25) is 0 Å². The van der Waals surface area contributed by atoms with Gasteiger partial charge in [-0.05, 0) is 24.3 Å². The Labute approximate surface area is 189 Å². The number of hydrogen-bond donors (Lipinski definition) is 3. The summed E-state index contributed by atoms with van der Waals surface area (Å²) in [5.74, 6) is -1.10. The molecule has 0 unspecified atom stereocenters. The average molecular weight is 464 g/mol. The largest absolute Gasteiger partial charge is 0.495 e. The van der Waals surface area contributed by atoms with E-state index in [0.717, 1.165) is 6.26 Å². The summed E-state index contributed by atoms with van der Waals surface area (Å²) in [7, 11) is -2.12. The number of carbonyl (C=O) groups is 1. The van der Waals surface area contributed by atoms with E-state index in [1.165, 1.54) is 31.4 Å². The van der Waals surface area contributed by atoms with E-state index in [-0.39, 0.29) is 22.1 Å². The lowest BCUT2D eigenvalue weighted by Crippen LogP contribution is -2.04. The first kappa shape index (κ1) is 22.1. The van der Waals surface area contributed by atoms with Crippen LogP contribution in [0.1, 0.15) is 21.5 Å². The van der Waals surface area contributed by atoms with Gasteiger partial charge in [0.15, 0.2) is 15.7 Å². The maximum Gasteiger partial charge on any atom is 0.335 e. The molecule has 0 bridgehead atoms. The summed E-state index contributed by atoms with van der Waals surface area (Å²) in [6, 6.07) is 18.1. The summed E-state index contributed by atoms with van der Waals surface area (Å²) < 4.78 is 29.3. The molecule has 0 amide bonds. The maximum atomic E-state index is 12.0. The second-order valence-corrected chi connectivity index (χ2v) is 9.33. The third-order valence-electron chi connectivity index (χ3n) is 5.10. The molecule has 168 valence electrons. The molecule has 0 aliphatic heterocycles. The van der Waals surface area contributed by atoms with E-state index < -0.39 is 15.8 Å². The Balaban J connectivity index is 1.96. The fraction of sp³-hybridized carbons (Fsp3) is 0.0833. The van der Waals surface area contributed by atoms with Gasteiger partial charge >= 0.3 is 5.97 Å². The average Bonchev–Trinajstić information content (AvgIpc) is 3.11. The summed E-state index contributed by atoms with van der Waals surface area (Å²) in [5.41, 5.74) is 2.43. The van der Waals surface area contributed by atoms with Gasteiger partial charge in [0, 0.05) is 28.8 Å². The van der Waals surface area contributed by atoms with Crippen molar-refractivity contribution in [2.75, 3.05) is 13.4 Å². The van der Waals surface area contributed by atoms with Crippen LogP contribution in [0.4, 0.5) is 5.69 Å². The first-order valence-electron chi connectivity index (χ1n) is 9.79. The number of rotatable bonds is 6. The van der Waals surface area contributed by atoms with Crippen molar-refractivity contribution >= 4 is 38.1 Å². The molecule has 33 heavy (non-hydrogen) atoms. The number of methoxy groups -OCH3 is 1. The number of nitrogens with zero attached hydrogens (tertiary/aromatic N) is 1. The molecule has 1 heterocycles. The number of H-pyrrole nitrogens is 1. The van der Waals surface area contributed by atoms with Crippen LogP contribution in [0.25, 0.3) is 10.9 Å². The molecule has 3 aromatic carbocycles. The molecule has 0 aliphatic carbocycles. The third-order valence-corrected chi connectivity index (χ3v) is 6.23. The van der Waals surface area contributed by atoms with Gasteiger partial charge in [-0.25, -0.2) is 18.2 Å². The first-order valence-corrected chi connectivity index (χ1v) is 11.7. The number of carboxylic acids is 1. The highest BCUT2D eigenvalue weighted by molar-refractivity contribution is 7.90. The second-order valence-electron chi connectivity index (χ2n) is 7.35. The van der Waals surface area contributed by atoms with Crippen LogP contribution in [-0.2, 0) is 9.84 Å². The quantitative estimate of drug-likeness (QED) is 0.368. The maximum absolute atomic E-state index is 12.0. The Morgan fingerprint density at radius 3 is 2.36 bits per heavy atom. The zero-order valence-electron chi connectivity index (χ0n) is 17.7. The van der Waals surface area contributed by atoms with Crippen molar-refractivity contribution in [1.82, 2.24) is 4.98 Å². The number of aliphatic imine (C=N–C) groups is 1. The predicted molar refractivity (Wildman–Crippen MR) is 125 cm³/mol. The Hall–Kier alpha value is -4.11. The molecule has 9 heteroatoms. The number of fused-ring (bicyclic) bond motifs is 1. The predicted octanol–water partition coefficient (Wildman–Crippen LogP) is 4.15. The normalized spacial score (nSPS) is 12.1. The van der Waals surface area contributed by atoms with Gasteiger partial charge in [-0.3, -0.25) is 0 Å². The van der Waals surface area contributed by atoms with Crippen LogP contribution in [0.15, 0.2) is 76.6 Å². The first-order chi connectivity index (χ1) is 15.7. The fourth-order valence-electron chi connectivity index (χ4n) is 3.58. The van der Waals surface area contributed by atoms with Crippen molar-refractivity contribution in [3.05, 3.63) is 83.4 Å². The van der Waals surface area contributed by atoms with Crippen LogP contribution >= 0.6 is 0 Å². The summed E-state index contributed by atoms with van der Waals surface area (Å²) >= 11 is 0. The smallest absolute Gasteiger partial charge is 0.335 e. The number of ether oxygens (including phenoxy) is 1. The highest BCUT2D eigenvalue weighted by Crippen LogP contribution is 2.34. The van der Waals surface area contributed by atoms with Gasteiger partial charge in [0.1, 0.15) is 10.6 Å². The Morgan fingerprint density at radius 1 is 1.00 bits per heavy atom. The molecule has 0 spiro atoms. The number of aromatic carboxylic acids is 1. The van der Waals surface area contributed by atoms with E-state index >= 15 is 0 Å². The van der Waals surface area contributed by atoms with Gasteiger partial charge in [0.2, 0.25) is 0 Å². The van der Waals surface area contributed by atoms with Crippen LogP contribution in [0.5, 0.6) is 11.6 Å². The molecule has 0 fully saturated rings. The lowest BCUT2D eigenvalue weighted by atomic mass is 10.00. The lowest BCUT2D eigenvalue weighted by molar-refractivity contribution is 0.0697. The SMILES string of the molecule is COc1cc(N=C(c2ccccc2)c2c(O)[nH]c3cc(C(=O)O)ccc23)ccc1S(C)(=O)=O. The second kappa shape index (κ2) is 8.44. The van der Waals surface area contributed by atoms with Gasteiger partial charge < -0.3 is 19.9 Å². The Morgan fingerprint density at radius 2 is 1.73 bits per heavy atom. The zero-order chi connectivity index (χ0) is 23.8. The topological polar surface area (TPSA) is 129 Å². The zero-order valence-corrected chi connectivity index (χ0v) is 18.6. The molecule has 0 saturated carbocycles. The molecule has 0 atom stereocenters. The third kappa shape index (κ3) is 4.31. The Kier molecular flexibility index (Phi) is 5.65. The number of carboxylic acid groups (broad SMARTS) is 1. The summed E-state index contributed by atoms with van der Waals surface area (Å²) in [5, 5.41) is 20.6. The molecule has 0 aliphatic rings. The van der Waals surface area contributed by atoms with Crippen molar-refractivity contribution in [2.24, 2.45) is 4.99 Å². The number of aromatic nitrogens is 1. The van der Waals surface area contributed by atoms with Gasteiger partial charge in [0.25, 0.3) is 0 Å². The van der Waals surface area contributed by atoms with Gasteiger partial charge in [-0.2, -0.15) is 0 Å². The molecular weight excluding hydrogens is 444 g/mol. The minimum Gasteiger partial charge on any atom is -0.495 e. The van der Waals surface area contributed by atoms with Gasteiger partial charge in [-0.1, -0.05) is 36.4 Å². The standard InChI is InChI=1S/C24H20N2O6S/c1-32-19-13-16(9-11-20(19)33(2,30)31)25-22(14-6-4-3-5-7-14)21-17-10-8-15(24(28)29)12-18(17)26-23(21)27/h3-13,26-27H,1-2H3,(H,28,29). The van der Waals surface area contributed by atoms with Crippen molar-refractivity contribution in [1.29, 1.82) is 0 Å². The van der Waals surface area contributed by atoms with E-state index in [2.05, 4.69) is 4.98 Å². The van der Waals surface area contributed by atoms with E-state index in [1.807, 2.05) is 30.3 Å². The number of nitrogens with one attached hydrogen (secondary N) is 1. The molecule has 3 N–H and O–H groups in total. The van der Waals surface area contributed by atoms with Crippen molar-refractivity contribution in [2.45, 2.75) is 4.90 Å². The number of aromatic hydroxyl groups is 1. The number of sulfone groups is 1. The molecule has 8 nitrogen and oxygen atoms in total. The van der Waals surface area contributed by atoms with Crippen molar-refractivity contribution < 1.29 is 28.2 Å². The van der Waals surface area contributed by atoms with Crippen LogP contribution in [-0.4, -0.2) is 48.7 Å². The monoisotopic (exact) mass is 464 g/mol. The minimum atomic E-state index is -3.50. The molecule has 0 radical (unpaired) electrons. The number of hydrogen-bond acceptors (Lipinski definition) is 6. The van der Waals surface area contributed by atoms with Crippen molar-refractivity contribution in [3.63, 3.8) is 0 Å². The number of benzene rings is 3. The molecule has 1 aromatic heterocycles. The van der Waals surface area contributed by atoms with Crippen LogP contribution in [0, 0.1) is 0 Å². The fourth-order valence-corrected chi connectivity index (χ4v) is 4.40. The van der Waals surface area contributed by atoms with Gasteiger partial charge in [0.05, 0.1) is 29.6 Å². The Bertz CT molecular complexity index is 1510. The van der Waals surface area contributed by atoms with Gasteiger partial charge in [-0.15, -0.1) is 0 Å². The highest BCUT2D eigenvalue weighted by atomic mass is 32.2. The summed E-state index contributed by atoms with van der Waals surface area (Å²) in [4.78, 5) is 18.9. The molecular formula is C24H20N2O6S. The van der Waals surface area contributed by atoms with E-state index in [1.54, 1.807) is 12.1 Å². The molecule has 4 rings (SSSR count). The summed E-state index contributed by atoms with van der Waals surface area (Å²) in [6.07, 6.45) is 1.10. The van der Waals surface area contributed by atoms with E-state index in [4.69, 9.17) is 9.73 Å². The minimum absolute atomic E-state index is 0.0429. The van der Waals surface area contributed by atoms with E-state index in [0.29, 0.717) is 33.4 Å². The van der Waals surface area contributed by atoms with Crippen LogP contribution in [0.3, 0.4) is 0 Å². The molecule has 0 saturated heterocycles. The number of aromatic amines is 1.